The Bertz CT molecular complexity index is 407. The predicted molar refractivity (Wildman–Crippen MR) is 59.2 cm³/mol. The first-order valence-electron chi connectivity index (χ1n) is 5.31. The average Bonchev–Trinajstić information content (AvgIpc) is 2.24. The summed E-state index contributed by atoms with van der Waals surface area (Å²) in [5.74, 6) is -0.304. The van der Waals surface area contributed by atoms with Gasteiger partial charge in [-0.2, -0.15) is 5.26 Å². The van der Waals surface area contributed by atoms with Gasteiger partial charge in [0.15, 0.2) is 0 Å². The third-order valence-electron chi connectivity index (χ3n) is 3.01. The van der Waals surface area contributed by atoms with Crippen molar-refractivity contribution in [2.75, 3.05) is 20.1 Å². The second kappa shape index (κ2) is 4.60. The molecule has 1 heterocycles. The highest BCUT2D eigenvalue weighted by atomic mass is 19.1. The van der Waals surface area contributed by atoms with E-state index in [1.165, 1.54) is 6.07 Å². The normalized spacial score (nSPS) is 18.8. The molecular weight excluding hydrogens is 205 g/mol. The molecular formula is C12H14FN3. The van der Waals surface area contributed by atoms with Crippen LogP contribution in [0, 0.1) is 17.1 Å². The number of likely N-dealkylation sites (N-methyl/N-ethyl adjacent to an activating group) is 1. The number of nitriles is 1. The number of benzene rings is 1. The number of nitrogens with one attached hydrogen (secondary N) is 1. The van der Waals surface area contributed by atoms with Crippen LogP contribution in [-0.4, -0.2) is 31.1 Å². The Hall–Kier alpha value is -1.44. The summed E-state index contributed by atoms with van der Waals surface area (Å²) >= 11 is 0. The summed E-state index contributed by atoms with van der Waals surface area (Å²) in [6.45, 7) is 1.59. The SMILES string of the molecule is CNC1CN(C(C#N)c2ccccc2F)C1. The molecule has 1 aliphatic rings. The molecule has 0 saturated carbocycles. The van der Waals surface area contributed by atoms with E-state index in [0.29, 0.717) is 11.6 Å². The van der Waals surface area contributed by atoms with Crippen LogP contribution < -0.4 is 5.32 Å². The smallest absolute Gasteiger partial charge is 0.129 e. The van der Waals surface area contributed by atoms with Gasteiger partial charge in [-0.3, -0.25) is 4.90 Å². The zero-order valence-corrected chi connectivity index (χ0v) is 9.15. The third kappa shape index (κ3) is 1.92. The van der Waals surface area contributed by atoms with E-state index in [2.05, 4.69) is 11.4 Å². The summed E-state index contributed by atoms with van der Waals surface area (Å²) in [5.41, 5.74) is 0.472. The van der Waals surface area contributed by atoms with Crippen LogP contribution >= 0.6 is 0 Å². The van der Waals surface area contributed by atoms with E-state index in [0.717, 1.165) is 13.1 Å². The maximum Gasteiger partial charge on any atom is 0.129 e. The summed E-state index contributed by atoms with van der Waals surface area (Å²) in [4.78, 5) is 1.97. The molecule has 1 aromatic carbocycles. The number of hydrogen-bond donors (Lipinski definition) is 1. The molecule has 0 amide bonds. The van der Waals surface area contributed by atoms with Gasteiger partial charge in [-0.15, -0.1) is 0 Å². The van der Waals surface area contributed by atoms with Crippen LogP contribution in [-0.2, 0) is 0 Å². The molecule has 16 heavy (non-hydrogen) atoms. The van der Waals surface area contributed by atoms with Crippen molar-refractivity contribution in [2.45, 2.75) is 12.1 Å². The van der Waals surface area contributed by atoms with Crippen LogP contribution in [0.15, 0.2) is 24.3 Å². The molecule has 4 heteroatoms. The molecule has 0 bridgehead atoms. The van der Waals surface area contributed by atoms with Crippen molar-refractivity contribution < 1.29 is 4.39 Å². The van der Waals surface area contributed by atoms with E-state index in [9.17, 15) is 4.39 Å². The number of halogens is 1. The Morgan fingerprint density at radius 2 is 2.19 bits per heavy atom. The van der Waals surface area contributed by atoms with Crippen LogP contribution in [0.5, 0.6) is 0 Å². The lowest BCUT2D eigenvalue weighted by Crippen LogP contribution is -2.57. The summed E-state index contributed by atoms with van der Waals surface area (Å²) in [6.07, 6.45) is 0. The van der Waals surface area contributed by atoms with Gasteiger partial charge in [0.05, 0.1) is 6.07 Å². The molecule has 2 rings (SSSR count). The molecule has 3 nitrogen and oxygen atoms in total. The lowest BCUT2D eigenvalue weighted by molar-refractivity contribution is 0.103. The minimum Gasteiger partial charge on any atom is -0.315 e. The second-order valence-corrected chi connectivity index (χ2v) is 3.99. The molecule has 1 atom stereocenters. The van der Waals surface area contributed by atoms with Crippen molar-refractivity contribution in [3.8, 4) is 6.07 Å². The highest BCUT2D eigenvalue weighted by molar-refractivity contribution is 5.26. The lowest BCUT2D eigenvalue weighted by atomic mass is 10.00. The first-order chi connectivity index (χ1) is 7.76. The first kappa shape index (κ1) is 11.1. The highest BCUT2D eigenvalue weighted by Gasteiger charge is 2.33. The van der Waals surface area contributed by atoms with Gasteiger partial charge in [-0.1, -0.05) is 18.2 Å². The largest absolute Gasteiger partial charge is 0.315 e. The summed E-state index contributed by atoms with van der Waals surface area (Å²) in [6, 6.07) is 8.59. The maximum absolute atomic E-state index is 13.5. The molecule has 0 radical (unpaired) electrons. The zero-order chi connectivity index (χ0) is 11.5. The topological polar surface area (TPSA) is 39.1 Å². The predicted octanol–water partition coefficient (Wildman–Crippen LogP) is 1.29. The van der Waals surface area contributed by atoms with Gasteiger partial charge in [-0.05, 0) is 13.1 Å². The molecule has 0 spiro atoms. The van der Waals surface area contributed by atoms with Crippen molar-refractivity contribution in [3.05, 3.63) is 35.6 Å². The quantitative estimate of drug-likeness (QED) is 0.832. The summed E-state index contributed by atoms with van der Waals surface area (Å²) in [7, 11) is 1.90. The van der Waals surface area contributed by atoms with Crippen molar-refractivity contribution in [1.82, 2.24) is 10.2 Å². The van der Waals surface area contributed by atoms with Crippen LogP contribution in [0.4, 0.5) is 4.39 Å². The molecule has 1 saturated heterocycles. The summed E-state index contributed by atoms with van der Waals surface area (Å²) in [5, 5.41) is 12.3. The van der Waals surface area contributed by atoms with E-state index < -0.39 is 6.04 Å². The molecule has 1 aliphatic heterocycles. The number of nitrogens with zero attached hydrogens (tertiary/aromatic N) is 2. The fraction of sp³-hybridized carbons (Fsp3) is 0.417. The molecule has 1 N–H and O–H groups in total. The fourth-order valence-corrected chi connectivity index (χ4v) is 1.95. The Labute approximate surface area is 94.5 Å². The van der Waals surface area contributed by atoms with Gasteiger partial charge in [0.25, 0.3) is 0 Å². The molecule has 1 fully saturated rings. The Kier molecular flexibility index (Phi) is 3.18. The van der Waals surface area contributed by atoms with Crippen LogP contribution in [0.3, 0.4) is 0 Å². The Balaban J connectivity index is 2.13. The van der Waals surface area contributed by atoms with Crippen molar-refractivity contribution >= 4 is 0 Å². The third-order valence-corrected chi connectivity index (χ3v) is 3.01. The average molecular weight is 219 g/mol. The van der Waals surface area contributed by atoms with Gasteiger partial charge in [-0.25, -0.2) is 4.39 Å². The molecule has 1 aromatic rings. The monoisotopic (exact) mass is 219 g/mol. The number of hydrogen-bond acceptors (Lipinski definition) is 3. The minimum absolute atomic E-state index is 0.304. The Morgan fingerprint density at radius 3 is 2.75 bits per heavy atom. The lowest BCUT2D eigenvalue weighted by Gasteiger charge is -2.41. The van der Waals surface area contributed by atoms with E-state index >= 15 is 0 Å². The van der Waals surface area contributed by atoms with Crippen LogP contribution in [0.2, 0.25) is 0 Å². The minimum atomic E-state index is -0.467. The summed E-state index contributed by atoms with van der Waals surface area (Å²) < 4.78 is 13.5. The maximum atomic E-state index is 13.5. The Morgan fingerprint density at radius 1 is 1.50 bits per heavy atom. The van der Waals surface area contributed by atoms with Crippen molar-refractivity contribution in [2.24, 2.45) is 0 Å². The van der Waals surface area contributed by atoms with E-state index in [-0.39, 0.29) is 5.82 Å². The zero-order valence-electron chi connectivity index (χ0n) is 9.15. The standard InChI is InChI=1S/C12H14FN3/c1-15-9-7-16(8-9)12(6-14)10-4-2-3-5-11(10)13/h2-5,9,12,15H,7-8H2,1H3. The van der Waals surface area contributed by atoms with Gasteiger partial charge in [0.1, 0.15) is 11.9 Å². The number of likely N-dealkylation sites (tertiary alicyclic amines) is 1. The van der Waals surface area contributed by atoms with Crippen molar-refractivity contribution in [3.63, 3.8) is 0 Å². The molecule has 84 valence electrons. The van der Waals surface area contributed by atoms with E-state index in [1.807, 2.05) is 11.9 Å². The van der Waals surface area contributed by atoms with Gasteiger partial charge in [0, 0.05) is 24.7 Å². The highest BCUT2D eigenvalue weighted by Crippen LogP contribution is 2.26. The van der Waals surface area contributed by atoms with E-state index in [1.54, 1.807) is 18.2 Å². The van der Waals surface area contributed by atoms with Crippen LogP contribution in [0.1, 0.15) is 11.6 Å². The van der Waals surface area contributed by atoms with Crippen molar-refractivity contribution in [1.29, 1.82) is 5.26 Å². The molecule has 0 aliphatic carbocycles. The van der Waals surface area contributed by atoms with Gasteiger partial charge >= 0.3 is 0 Å². The second-order valence-electron chi connectivity index (χ2n) is 3.99. The molecule has 1 unspecified atom stereocenters. The van der Waals surface area contributed by atoms with Crippen LogP contribution in [0.25, 0.3) is 0 Å². The first-order valence-corrected chi connectivity index (χ1v) is 5.31. The number of rotatable bonds is 3. The van der Waals surface area contributed by atoms with E-state index in [4.69, 9.17) is 5.26 Å². The molecule has 0 aromatic heterocycles. The fourth-order valence-electron chi connectivity index (χ4n) is 1.95. The van der Waals surface area contributed by atoms with Gasteiger partial charge < -0.3 is 5.32 Å². The van der Waals surface area contributed by atoms with Gasteiger partial charge in [0.2, 0.25) is 0 Å².